The molecule has 1 rings (SSSR count). The standard InChI is InChI=1S/C19H30O3/c1-6-10-11-15(5)14-16-12-13-17(20-7-2)19(22-9-4)18(16)21-8-3/h10-13,15H,6-9,14H2,1-5H3/b11-10-. The summed E-state index contributed by atoms with van der Waals surface area (Å²) in [5.41, 5.74) is 1.17. The Hall–Kier alpha value is -1.64. The summed E-state index contributed by atoms with van der Waals surface area (Å²) in [6.45, 7) is 12.1. The lowest BCUT2D eigenvalue weighted by Gasteiger charge is -2.19. The molecule has 1 aromatic carbocycles. The molecule has 124 valence electrons. The Morgan fingerprint density at radius 2 is 1.55 bits per heavy atom. The zero-order valence-electron chi connectivity index (χ0n) is 14.6. The highest BCUT2D eigenvalue weighted by Gasteiger charge is 2.18. The van der Waals surface area contributed by atoms with Gasteiger partial charge in [-0.1, -0.05) is 32.1 Å². The van der Waals surface area contributed by atoms with Crippen LogP contribution in [0.1, 0.15) is 46.6 Å². The van der Waals surface area contributed by atoms with Crippen molar-refractivity contribution >= 4 is 0 Å². The summed E-state index contributed by atoms with van der Waals surface area (Å²) in [6, 6.07) is 4.08. The maximum Gasteiger partial charge on any atom is 0.203 e. The molecule has 0 spiro atoms. The number of allylic oxidation sites excluding steroid dienone is 2. The van der Waals surface area contributed by atoms with E-state index in [4.69, 9.17) is 14.2 Å². The van der Waals surface area contributed by atoms with Gasteiger partial charge in [-0.25, -0.2) is 0 Å². The third-order valence-electron chi connectivity index (χ3n) is 3.28. The summed E-state index contributed by atoms with van der Waals surface area (Å²) in [5, 5.41) is 0. The molecule has 3 heteroatoms. The molecule has 0 saturated carbocycles. The van der Waals surface area contributed by atoms with Crippen molar-refractivity contribution in [2.75, 3.05) is 19.8 Å². The lowest BCUT2D eigenvalue weighted by atomic mass is 9.99. The zero-order chi connectivity index (χ0) is 16.4. The monoisotopic (exact) mass is 306 g/mol. The van der Waals surface area contributed by atoms with E-state index in [1.165, 1.54) is 5.56 Å². The fourth-order valence-electron chi connectivity index (χ4n) is 2.38. The summed E-state index contributed by atoms with van der Waals surface area (Å²) in [7, 11) is 0. The van der Waals surface area contributed by atoms with Crippen LogP contribution in [0.15, 0.2) is 24.3 Å². The molecule has 0 fully saturated rings. The fourth-order valence-corrected chi connectivity index (χ4v) is 2.38. The Morgan fingerprint density at radius 3 is 2.14 bits per heavy atom. The molecule has 0 heterocycles. The van der Waals surface area contributed by atoms with Crippen molar-refractivity contribution in [1.82, 2.24) is 0 Å². The summed E-state index contributed by atoms with van der Waals surface area (Å²) in [6.07, 6.45) is 6.46. The lowest BCUT2D eigenvalue weighted by Crippen LogP contribution is -2.06. The van der Waals surface area contributed by atoms with Crippen molar-refractivity contribution in [2.24, 2.45) is 5.92 Å². The molecule has 0 aliphatic heterocycles. The average Bonchev–Trinajstić information content (AvgIpc) is 2.51. The van der Waals surface area contributed by atoms with Crippen molar-refractivity contribution < 1.29 is 14.2 Å². The largest absolute Gasteiger partial charge is 0.490 e. The highest BCUT2D eigenvalue weighted by Crippen LogP contribution is 2.41. The number of ether oxygens (including phenoxy) is 3. The van der Waals surface area contributed by atoms with Gasteiger partial charge >= 0.3 is 0 Å². The van der Waals surface area contributed by atoms with Gasteiger partial charge in [0, 0.05) is 0 Å². The van der Waals surface area contributed by atoms with Gasteiger partial charge in [-0.05, 0) is 51.2 Å². The molecule has 0 saturated heterocycles. The first-order chi connectivity index (χ1) is 10.7. The van der Waals surface area contributed by atoms with Crippen LogP contribution in [0.5, 0.6) is 17.2 Å². The average molecular weight is 306 g/mol. The van der Waals surface area contributed by atoms with Gasteiger partial charge in [-0.2, -0.15) is 0 Å². The normalized spacial score (nSPS) is 12.4. The Labute approximate surface area is 135 Å². The van der Waals surface area contributed by atoms with Gasteiger partial charge in [-0.3, -0.25) is 0 Å². The molecule has 0 radical (unpaired) electrons. The van der Waals surface area contributed by atoms with Crippen LogP contribution < -0.4 is 14.2 Å². The van der Waals surface area contributed by atoms with Crippen molar-refractivity contribution in [2.45, 2.75) is 47.5 Å². The number of hydrogen-bond donors (Lipinski definition) is 0. The van der Waals surface area contributed by atoms with Crippen LogP contribution in [0, 0.1) is 5.92 Å². The van der Waals surface area contributed by atoms with Crippen LogP contribution in [-0.2, 0) is 6.42 Å². The van der Waals surface area contributed by atoms with E-state index in [0.717, 1.165) is 30.1 Å². The van der Waals surface area contributed by atoms with Gasteiger partial charge in [0.1, 0.15) is 0 Å². The maximum atomic E-state index is 5.88. The molecule has 1 unspecified atom stereocenters. The molecule has 3 nitrogen and oxygen atoms in total. The van der Waals surface area contributed by atoms with Crippen molar-refractivity contribution in [3.8, 4) is 17.2 Å². The number of rotatable bonds is 10. The molecule has 1 aromatic rings. The van der Waals surface area contributed by atoms with Crippen molar-refractivity contribution in [3.63, 3.8) is 0 Å². The Morgan fingerprint density at radius 1 is 0.909 bits per heavy atom. The summed E-state index contributed by atoms with van der Waals surface area (Å²) in [5.74, 6) is 2.78. The second-order valence-corrected chi connectivity index (χ2v) is 5.20. The van der Waals surface area contributed by atoms with E-state index in [-0.39, 0.29) is 0 Å². The molecule has 0 aliphatic carbocycles. The molecule has 0 aromatic heterocycles. The highest BCUT2D eigenvalue weighted by atomic mass is 16.5. The minimum absolute atomic E-state index is 0.464. The van der Waals surface area contributed by atoms with E-state index < -0.39 is 0 Å². The van der Waals surface area contributed by atoms with Gasteiger partial charge in [0.25, 0.3) is 0 Å². The molecule has 0 aliphatic rings. The smallest absolute Gasteiger partial charge is 0.203 e. The third-order valence-corrected chi connectivity index (χ3v) is 3.28. The second kappa shape index (κ2) is 10.1. The molecule has 0 amide bonds. The summed E-state index contributed by atoms with van der Waals surface area (Å²) < 4.78 is 17.4. The Kier molecular flexibility index (Phi) is 8.49. The number of hydrogen-bond acceptors (Lipinski definition) is 3. The van der Waals surface area contributed by atoms with E-state index >= 15 is 0 Å². The maximum absolute atomic E-state index is 5.88. The van der Waals surface area contributed by atoms with Gasteiger partial charge < -0.3 is 14.2 Å². The van der Waals surface area contributed by atoms with E-state index in [1.807, 2.05) is 26.8 Å². The van der Waals surface area contributed by atoms with Crippen LogP contribution in [-0.4, -0.2) is 19.8 Å². The SMILES string of the molecule is CC/C=C\C(C)Cc1ccc(OCC)c(OCC)c1OCC. The van der Waals surface area contributed by atoms with Crippen molar-refractivity contribution in [1.29, 1.82) is 0 Å². The van der Waals surface area contributed by atoms with Gasteiger partial charge in [0.15, 0.2) is 11.5 Å². The Balaban J connectivity index is 3.14. The lowest BCUT2D eigenvalue weighted by molar-refractivity contribution is 0.259. The van der Waals surface area contributed by atoms with Crippen LogP contribution in [0.3, 0.4) is 0 Å². The minimum Gasteiger partial charge on any atom is -0.490 e. The van der Waals surface area contributed by atoms with Gasteiger partial charge in [-0.15, -0.1) is 0 Å². The molecular weight excluding hydrogens is 276 g/mol. The molecule has 0 N–H and O–H groups in total. The van der Waals surface area contributed by atoms with E-state index in [2.05, 4.69) is 32.1 Å². The predicted molar refractivity (Wildman–Crippen MR) is 92.2 cm³/mol. The zero-order valence-corrected chi connectivity index (χ0v) is 14.6. The second-order valence-electron chi connectivity index (χ2n) is 5.20. The molecule has 22 heavy (non-hydrogen) atoms. The molecular formula is C19H30O3. The number of benzene rings is 1. The summed E-state index contributed by atoms with van der Waals surface area (Å²) in [4.78, 5) is 0. The van der Waals surface area contributed by atoms with Crippen molar-refractivity contribution in [3.05, 3.63) is 29.8 Å². The Bertz CT molecular complexity index is 466. The van der Waals surface area contributed by atoms with Crippen LogP contribution in [0.25, 0.3) is 0 Å². The van der Waals surface area contributed by atoms with E-state index in [9.17, 15) is 0 Å². The van der Waals surface area contributed by atoms with Gasteiger partial charge in [0.05, 0.1) is 19.8 Å². The minimum atomic E-state index is 0.464. The van der Waals surface area contributed by atoms with Crippen LogP contribution in [0.4, 0.5) is 0 Å². The molecule has 1 atom stereocenters. The van der Waals surface area contributed by atoms with Crippen LogP contribution >= 0.6 is 0 Å². The third kappa shape index (κ3) is 5.28. The predicted octanol–water partition coefficient (Wildman–Crippen LogP) is 5.03. The first kappa shape index (κ1) is 18.4. The summed E-state index contributed by atoms with van der Waals surface area (Å²) >= 11 is 0. The van der Waals surface area contributed by atoms with E-state index in [1.54, 1.807) is 0 Å². The quantitative estimate of drug-likeness (QED) is 0.568. The first-order valence-corrected chi connectivity index (χ1v) is 8.38. The molecule has 0 bridgehead atoms. The van der Waals surface area contributed by atoms with E-state index in [0.29, 0.717) is 25.7 Å². The topological polar surface area (TPSA) is 27.7 Å². The fraction of sp³-hybridized carbons (Fsp3) is 0.579. The first-order valence-electron chi connectivity index (χ1n) is 8.38. The van der Waals surface area contributed by atoms with Crippen LogP contribution in [0.2, 0.25) is 0 Å². The highest BCUT2D eigenvalue weighted by molar-refractivity contribution is 5.56. The van der Waals surface area contributed by atoms with Gasteiger partial charge in [0.2, 0.25) is 5.75 Å².